The first-order chi connectivity index (χ1) is 18.6. The molecule has 0 amide bonds. The minimum Gasteiger partial charge on any atom is -0.438 e. The molecular formula is C27H31Cl2F3N4O3. The van der Waals surface area contributed by atoms with E-state index in [9.17, 15) is 18.0 Å². The molecule has 0 saturated carbocycles. The number of rotatable bonds is 6. The van der Waals surface area contributed by atoms with Crippen LogP contribution in [0.1, 0.15) is 24.8 Å². The zero-order valence-electron chi connectivity index (χ0n) is 21.5. The Hall–Kier alpha value is -2.11. The molecular weight excluding hydrogens is 556 g/mol. The summed E-state index contributed by atoms with van der Waals surface area (Å²) in [4.78, 5) is 22.9. The Kier molecular flexibility index (Phi) is 8.59. The fourth-order valence-corrected chi connectivity index (χ4v) is 6.46. The third kappa shape index (κ3) is 6.46. The zero-order valence-corrected chi connectivity index (χ0v) is 23.0. The Morgan fingerprint density at radius 3 is 2.44 bits per heavy atom. The molecule has 3 fully saturated rings. The van der Waals surface area contributed by atoms with Crippen LogP contribution in [0.3, 0.4) is 0 Å². The number of ether oxygens (including phenoxy) is 2. The molecule has 0 spiro atoms. The molecule has 3 aliphatic heterocycles. The lowest BCUT2D eigenvalue weighted by Crippen LogP contribution is -2.67. The molecule has 212 valence electrons. The van der Waals surface area contributed by atoms with Crippen molar-refractivity contribution in [2.24, 2.45) is 0 Å². The number of piperidine rings is 1. The average molecular weight is 587 g/mol. The molecule has 0 radical (unpaired) electrons. The van der Waals surface area contributed by atoms with Crippen molar-refractivity contribution in [1.82, 2.24) is 14.8 Å². The number of carbonyl (C=O) groups is 1. The maximum Gasteiger partial charge on any atom is 0.490 e. The van der Waals surface area contributed by atoms with E-state index in [1.54, 1.807) is 37.6 Å². The standard InChI is InChI=1S/C27H31Cl2F3N4O3/c1-38-22-14-23-25(39-26(37)27(30,31)32)36(20-7-10-34(11-8-20)24-13-19(29)6-9-33-24)21(15-35(23)16-22)12-17-2-4-18(28)5-3-17/h2-6,9,13,20-23,25H,7-8,10-12,14-16H2,1H3/t21-,22+,23-,25?/m0/s1. The van der Waals surface area contributed by atoms with Crippen LogP contribution in [-0.2, 0) is 20.7 Å². The maximum atomic E-state index is 13.4. The van der Waals surface area contributed by atoms with Crippen molar-refractivity contribution in [2.75, 3.05) is 38.2 Å². The van der Waals surface area contributed by atoms with Gasteiger partial charge < -0.3 is 14.4 Å². The topological polar surface area (TPSA) is 58.1 Å². The van der Waals surface area contributed by atoms with Gasteiger partial charge in [-0.3, -0.25) is 9.80 Å². The molecule has 7 nitrogen and oxygen atoms in total. The van der Waals surface area contributed by atoms with Crippen molar-refractivity contribution in [3.05, 3.63) is 58.2 Å². The molecule has 1 aromatic heterocycles. The highest BCUT2D eigenvalue weighted by atomic mass is 35.5. The van der Waals surface area contributed by atoms with E-state index in [4.69, 9.17) is 32.7 Å². The van der Waals surface area contributed by atoms with Crippen LogP contribution in [0.4, 0.5) is 19.0 Å². The van der Waals surface area contributed by atoms with Crippen molar-refractivity contribution in [3.8, 4) is 0 Å². The minimum atomic E-state index is -5.08. The van der Waals surface area contributed by atoms with Crippen molar-refractivity contribution >= 4 is 35.0 Å². The summed E-state index contributed by atoms with van der Waals surface area (Å²) < 4.78 is 51.3. The molecule has 0 bridgehead atoms. The lowest BCUT2D eigenvalue weighted by Gasteiger charge is -2.53. The number of pyridine rings is 1. The minimum absolute atomic E-state index is 0.0903. The smallest absolute Gasteiger partial charge is 0.438 e. The lowest BCUT2D eigenvalue weighted by atomic mass is 9.92. The van der Waals surface area contributed by atoms with Gasteiger partial charge in [-0.05, 0) is 55.5 Å². The lowest BCUT2D eigenvalue weighted by molar-refractivity contribution is -0.228. The fourth-order valence-electron chi connectivity index (χ4n) is 6.18. The van der Waals surface area contributed by atoms with Gasteiger partial charge in [0, 0.05) is 61.6 Å². The van der Waals surface area contributed by atoms with Crippen LogP contribution in [0.25, 0.3) is 0 Å². The van der Waals surface area contributed by atoms with Gasteiger partial charge in [-0.15, -0.1) is 0 Å². The van der Waals surface area contributed by atoms with E-state index in [0.717, 1.165) is 11.4 Å². The van der Waals surface area contributed by atoms with Crippen LogP contribution in [0.2, 0.25) is 10.0 Å². The molecule has 4 heterocycles. The number of methoxy groups -OCH3 is 1. The quantitative estimate of drug-likeness (QED) is 0.450. The zero-order chi connectivity index (χ0) is 27.7. The number of hydrogen-bond donors (Lipinski definition) is 0. The van der Waals surface area contributed by atoms with E-state index in [1.165, 1.54) is 0 Å². The second kappa shape index (κ2) is 11.8. The number of fused-ring (bicyclic) bond motifs is 1. The summed E-state index contributed by atoms with van der Waals surface area (Å²) in [5, 5.41) is 1.20. The van der Waals surface area contributed by atoms with Gasteiger partial charge in [0.2, 0.25) is 0 Å². The monoisotopic (exact) mass is 586 g/mol. The number of alkyl halides is 3. The van der Waals surface area contributed by atoms with E-state index < -0.39 is 24.4 Å². The van der Waals surface area contributed by atoms with Crippen molar-refractivity contribution in [1.29, 1.82) is 0 Å². The summed E-state index contributed by atoms with van der Waals surface area (Å²) in [6.45, 7) is 2.50. The number of esters is 1. The normalized spacial score (nSPS) is 27.0. The molecule has 0 aliphatic carbocycles. The van der Waals surface area contributed by atoms with Gasteiger partial charge in [0.05, 0.1) is 12.1 Å². The predicted octanol–water partition coefficient (Wildman–Crippen LogP) is 4.81. The van der Waals surface area contributed by atoms with Crippen molar-refractivity contribution < 1.29 is 27.4 Å². The SMILES string of the molecule is CO[C@@H]1C[C@H]2C(OC(=O)C(F)(F)F)N(C3CCN(c4cc(Cl)ccn4)CC3)[C@@H](Cc3ccc(Cl)cc3)CN2C1. The molecule has 1 aromatic carbocycles. The van der Waals surface area contributed by atoms with E-state index in [2.05, 4.69) is 14.8 Å². The number of carbonyl (C=O) groups excluding carboxylic acids is 1. The van der Waals surface area contributed by atoms with Crippen LogP contribution in [0, 0.1) is 0 Å². The van der Waals surface area contributed by atoms with E-state index in [1.807, 2.05) is 17.0 Å². The van der Waals surface area contributed by atoms with Crippen LogP contribution in [0.5, 0.6) is 0 Å². The molecule has 5 rings (SSSR count). The highest BCUT2D eigenvalue weighted by Crippen LogP contribution is 2.38. The first kappa shape index (κ1) is 28.4. The number of hydrogen-bond acceptors (Lipinski definition) is 7. The van der Waals surface area contributed by atoms with Crippen LogP contribution < -0.4 is 4.90 Å². The fraction of sp³-hybridized carbons (Fsp3) is 0.556. The summed E-state index contributed by atoms with van der Waals surface area (Å²) in [5.41, 5.74) is 1.01. The summed E-state index contributed by atoms with van der Waals surface area (Å²) in [6, 6.07) is 10.3. The van der Waals surface area contributed by atoms with Crippen molar-refractivity contribution in [3.63, 3.8) is 0 Å². The molecule has 3 saturated heterocycles. The summed E-state index contributed by atoms with van der Waals surface area (Å²) >= 11 is 12.3. The van der Waals surface area contributed by atoms with Gasteiger partial charge >= 0.3 is 12.1 Å². The van der Waals surface area contributed by atoms with Gasteiger partial charge in [-0.25, -0.2) is 9.78 Å². The first-order valence-electron chi connectivity index (χ1n) is 13.1. The third-order valence-electron chi connectivity index (χ3n) is 8.00. The van der Waals surface area contributed by atoms with Crippen LogP contribution in [-0.4, -0.2) is 90.7 Å². The van der Waals surface area contributed by atoms with E-state index >= 15 is 0 Å². The largest absolute Gasteiger partial charge is 0.490 e. The van der Waals surface area contributed by atoms with Gasteiger partial charge in [0.25, 0.3) is 0 Å². The van der Waals surface area contributed by atoms with Gasteiger partial charge in [-0.2, -0.15) is 13.2 Å². The number of piperazine rings is 1. The second-order valence-corrected chi connectivity index (χ2v) is 11.3. The molecule has 1 unspecified atom stereocenters. The number of anilines is 1. The van der Waals surface area contributed by atoms with E-state index in [-0.39, 0.29) is 18.2 Å². The summed E-state index contributed by atoms with van der Waals surface area (Å²) in [7, 11) is 1.60. The Balaban J connectivity index is 1.44. The summed E-state index contributed by atoms with van der Waals surface area (Å²) in [5.74, 6) is -1.40. The third-order valence-corrected chi connectivity index (χ3v) is 8.48. The van der Waals surface area contributed by atoms with Gasteiger partial charge in [0.1, 0.15) is 5.82 Å². The number of halogens is 5. The Bertz CT molecular complexity index is 1150. The maximum absolute atomic E-state index is 13.4. The predicted molar refractivity (Wildman–Crippen MR) is 142 cm³/mol. The number of aromatic nitrogens is 1. The molecule has 4 atom stereocenters. The molecule has 12 heteroatoms. The average Bonchev–Trinajstić information content (AvgIpc) is 3.33. The molecule has 39 heavy (non-hydrogen) atoms. The number of nitrogens with zero attached hydrogens (tertiary/aromatic N) is 4. The Morgan fingerprint density at radius 1 is 1.08 bits per heavy atom. The highest BCUT2D eigenvalue weighted by molar-refractivity contribution is 6.31. The summed E-state index contributed by atoms with van der Waals surface area (Å²) in [6.07, 6.45) is -2.21. The highest BCUT2D eigenvalue weighted by Gasteiger charge is 2.53. The Morgan fingerprint density at radius 2 is 1.79 bits per heavy atom. The second-order valence-electron chi connectivity index (χ2n) is 10.4. The molecule has 3 aliphatic rings. The van der Waals surface area contributed by atoms with E-state index in [0.29, 0.717) is 61.9 Å². The molecule has 2 aromatic rings. The Labute approximate surface area is 235 Å². The van der Waals surface area contributed by atoms with Gasteiger partial charge in [0.15, 0.2) is 6.23 Å². The van der Waals surface area contributed by atoms with Crippen LogP contribution >= 0.6 is 23.2 Å². The molecule has 0 N–H and O–H groups in total. The van der Waals surface area contributed by atoms with Crippen molar-refractivity contribution in [2.45, 2.75) is 62.3 Å². The van der Waals surface area contributed by atoms with Crippen LogP contribution in [0.15, 0.2) is 42.6 Å². The number of benzene rings is 1. The van der Waals surface area contributed by atoms with Gasteiger partial charge in [-0.1, -0.05) is 35.3 Å². The first-order valence-corrected chi connectivity index (χ1v) is 13.8.